The van der Waals surface area contributed by atoms with Crippen molar-refractivity contribution in [1.82, 2.24) is 0 Å². The first kappa shape index (κ1) is 20.8. The van der Waals surface area contributed by atoms with Crippen molar-refractivity contribution in [3.8, 4) is 0 Å². The molecule has 0 saturated heterocycles. The van der Waals surface area contributed by atoms with Gasteiger partial charge in [0.15, 0.2) is 0 Å². The lowest BCUT2D eigenvalue weighted by Crippen LogP contribution is -2.45. The third kappa shape index (κ3) is 5.04. The Labute approximate surface area is 175 Å². The Morgan fingerprint density at radius 2 is 1.83 bits per heavy atom. The van der Waals surface area contributed by atoms with Gasteiger partial charge in [0.1, 0.15) is 0 Å². The highest BCUT2D eigenvalue weighted by atomic mass is 127. The molecule has 0 amide bonds. The smallest absolute Gasteiger partial charge is 0.0597 e. The number of halogens is 2. The van der Waals surface area contributed by atoms with E-state index < -0.39 is 0 Å². The van der Waals surface area contributed by atoms with E-state index in [1.807, 2.05) is 7.11 Å². The topological polar surface area (TPSA) is 12.5 Å². The summed E-state index contributed by atoms with van der Waals surface area (Å²) in [4.78, 5) is 0. The van der Waals surface area contributed by atoms with Gasteiger partial charge in [0.25, 0.3) is 0 Å². The Morgan fingerprint density at radius 1 is 1.29 bits per heavy atom. The lowest BCUT2D eigenvalue weighted by Gasteiger charge is -2.41. The molecule has 2 nitrogen and oxygen atoms in total. The second-order valence-corrected chi connectivity index (χ2v) is 11.2. The minimum atomic E-state index is 0.194. The fraction of sp³-hybridized carbons (Fsp3) is 0.684. The molecule has 0 aromatic heterocycles. The molecule has 0 bridgehead atoms. The van der Waals surface area contributed by atoms with Crippen molar-refractivity contribution in [2.45, 2.75) is 76.2 Å². The average molecular weight is 526 g/mol. The molecule has 1 heterocycles. The van der Waals surface area contributed by atoms with Gasteiger partial charge in [-0.1, -0.05) is 42.8 Å². The number of thiol groups is 1. The van der Waals surface area contributed by atoms with Gasteiger partial charge in [0.2, 0.25) is 0 Å². The number of rotatable bonds is 1. The predicted octanol–water partition coefficient (Wildman–Crippen LogP) is 6.51. The quantitative estimate of drug-likeness (QED) is 0.255. The van der Waals surface area contributed by atoms with Crippen molar-refractivity contribution in [3.05, 3.63) is 27.7 Å². The van der Waals surface area contributed by atoms with Gasteiger partial charge in [-0.05, 0) is 56.2 Å². The zero-order valence-corrected chi connectivity index (χ0v) is 20.0. The summed E-state index contributed by atoms with van der Waals surface area (Å²) in [6.07, 6.45) is 6.50. The highest BCUT2D eigenvalue weighted by Gasteiger charge is 2.45. The van der Waals surface area contributed by atoms with Gasteiger partial charge in [-0.3, -0.25) is 0 Å². The minimum absolute atomic E-state index is 0.194. The van der Waals surface area contributed by atoms with Crippen molar-refractivity contribution in [2.24, 2.45) is 0 Å². The number of hydrogen-bond acceptors (Lipinski definition) is 3. The second kappa shape index (κ2) is 8.05. The van der Waals surface area contributed by atoms with Crippen LogP contribution in [-0.2, 0) is 11.2 Å². The van der Waals surface area contributed by atoms with Crippen molar-refractivity contribution in [3.63, 3.8) is 0 Å². The molecule has 1 saturated carbocycles. The van der Waals surface area contributed by atoms with Crippen LogP contribution in [0.5, 0.6) is 0 Å². The lowest BCUT2D eigenvalue weighted by atomic mass is 9.78. The number of fused-ring (bicyclic) bond motifs is 1. The summed E-state index contributed by atoms with van der Waals surface area (Å²) in [6.45, 7) is 8.33. The second-order valence-electron chi connectivity index (χ2n) is 8.02. The highest BCUT2D eigenvalue weighted by molar-refractivity contribution is 14.1. The number of benzene rings is 1. The SMILES string of the molecule is CC(C)(C)S.COC1CCC2(CC1)Cc1cc(C)c(Br)cc1N2I. The molecule has 3 rings (SSSR count). The van der Waals surface area contributed by atoms with Crippen LogP contribution in [0.15, 0.2) is 16.6 Å². The van der Waals surface area contributed by atoms with E-state index >= 15 is 0 Å². The van der Waals surface area contributed by atoms with Gasteiger partial charge in [-0.15, -0.1) is 0 Å². The van der Waals surface area contributed by atoms with E-state index in [-0.39, 0.29) is 4.75 Å². The fourth-order valence-corrected chi connectivity index (χ4v) is 4.91. The molecular formula is C19H29BrINOS. The van der Waals surface area contributed by atoms with E-state index in [4.69, 9.17) is 4.74 Å². The number of nitrogens with zero attached hydrogens (tertiary/aromatic N) is 1. The number of methoxy groups -OCH3 is 1. The summed E-state index contributed by atoms with van der Waals surface area (Å²) in [5, 5.41) is 0. The first-order valence-corrected chi connectivity index (χ1v) is 10.8. The summed E-state index contributed by atoms with van der Waals surface area (Å²) in [7, 11) is 1.84. The molecule has 1 aromatic rings. The number of aryl methyl sites for hydroxylation is 1. The number of hydrogen-bond donors (Lipinski definition) is 1. The summed E-state index contributed by atoms with van der Waals surface area (Å²) in [6, 6.07) is 4.64. The molecule has 2 aliphatic rings. The molecule has 1 aromatic carbocycles. The van der Waals surface area contributed by atoms with Crippen molar-refractivity contribution >= 4 is 57.1 Å². The number of anilines is 1. The Hall–Kier alpha value is 0.540. The maximum absolute atomic E-state index is 5.52. The molecule has 5 heteroatoms. The maximum Gasteiger partial charge on any atom is 0.0597 e. The number of ether oxygens (including phenoxy) is 1. The summed E-state index contributed by atoms with van der Waals surface area (Å²) in [5.41, 5.74) is 4.57. The van der Waals surface area contributed by atoms with Crippen LogP contribution in [0.2, 0.25) is 0 Å². The van der Waals surface area contributed by atoms with E-state index in [0.29, 0.717) is 11.6 Å². The average Bonchev–Trinajstić information content (AvgIpc) is 2.72. The van der Waals surface area contributed by atoms with E-state index in [1.165, 1.54) is 53.4 Å². The molecule has 0 atom stereocenters. The molecule has 0 unspecified atom stereocenters. The Kier molecular flexibility index (Phi) is 6.99. The van der Waals surface area contributed by atoms with Gasteiger partial charge in [0.05, 0.1) is 40.2 Å². The van der Waals surface area contributed by atoms with E-state index in [1.54, 1.807) is 0 Å². The predicted molar refractivity (Wildman–Crippen MR) is 120 cm³/mol. The van der Waals surface area contributed by atoms with E-state index in [9.17, 15) is 0 Å². The lowest BCUT2D eigenvalue weighted by molar-refractivity contribution is 0.0531. The Balaban J connectivity index is 0.000000368. The Morgan fingerprint density at radius 3 is 2.33 bits per heavy atom. The summed E-state index contributed by atoms with van der Waals surface area (Å²) in [5.74, 6) is 0. The summed E-state index contributed by atoms with van der Waals surface area (Å²) >= 11 is 10.3. The third-order valence-corrected chi connectivity index (χ3v) is 7.10. The largest absolute Gasteiger partial charge is 0.381 e. The molecule has 1 aliphatic heterocycles. The van der Waals surface area contributed by atoms with Crippen molar-refractivity contribution < 1.29 is 4.74 Å². The van der Waals surface area contributed by atoms with Crippen molar-refractivity contribution in [1.29, 1.82) is 0 Å². The molecule has 24 heavy (non-hydrogen) atoms. The van der Waals surface area contributed by atoms with E-state index in [0.717, 1.165) is 0 Å². The van der Waals surface area contributed by atoms with Crippen LogP contribution in [0.1, 0.15) is 57.6 Å². The molecule has 0 N–H and O–H groups in total. The van der Waals surface area contributed by atoms with Crippen LogP contribution in [0.3, 0.4) is 0 Å². The van der Waals surface area contributed by atoms with Crippen LogP contribution in [0.4, 0.5) is 5.69 Å². The van der Waals surface area contributed by atoms with Crippen molar-refractivity contribution in [2.75, 3.05) is 10.2 Å². The first-order valence-electron chi connectivity index (χ1n) is 8.56. The van der Waals surface area contributed by atoms with Crippen LogP contribution < -0.4 is 3.11 Å². The zero-order chi connectivity index (χ0) is 18.1. The maximum atomic E-state index is 5.52. The van der Waals surface area contributed by atoms with Gasteiger partial charge in [-0.25, -0.2) is 0 Å². The Bertz CT molecular complexity index is 573. The normalized spacial score (nSPS) is 26.2. The third-order valence-electron chi connectivity index (χ3n) is 4.70. The van der Waals surface area contributed by atoms with Crippen LogP contribution in [0, 0.1) is 6.92 Å². The molecular weight excluding hydrogens is 497 g/mol. The van der Waals surface area contributed by atoms with Gasteiger partial charge < -0.3 is 7.85 Å². The molecule has 136 valence electrons. The zero-order valence-electron chi connectivity index (χ0n) is 15.3. The van der Waals surface area contributed by atoms with Crippen LogP contribution in [0.25, 0.3) is 0 Å². The highest BCUT2D eigenvalue weighted by Crippen LogP contribution is 2.50. The molecule has 1 fully saturated rings. The van der Waals surface area contributed by atoms with Crippen LogP contribution in [-0.4, -0.2) is 23.5 Å². The van der Waals surface area contributed by atoms with Gasteiger partial charge in [-0.2, -0.15) is 12.6 Å². The van der Waals surface area contributed by atoms with Gasteiger partial charge in [0, 0.05) is 16.3 Å². The standard InChI is InChI=1S/C15H19BrINO.C4H10S/c1-10-7-11-9-15(5-3-12(19-2)4-6-15)18(17)14(11)8-13(10)16;1-4(2,3)5/h7-8,12H,3-6,9H2,1-2H3;5H,1-3H3. The monoisotopic (exact) mass is 525 g/mol. The van der Waals surface area contributed by atoms with Gasteiger partial charge >= 0.3 is 0 Å². The molecule has 0 radical (unpaired) electrons. The fourth-order valence-electron chi connectivity index (χ4n) is 3.47. The van der Waals surface area contributed by atoms with Crippen LogP contribution >= 0.6 is 51.4 Å². The van der Waals surface area contributed by atoms with E-state index in [2.05, 4.69) is 94.4 Å². The molecule has 1 aliphatic carbocycles. The molecule has 1 spiro atoms. The minimum Gasteiger partial charge on any atom is -0.381 e. The summed E-state index contributed by atoms with van der Waals surface area (Å²) < 4.78 is 9.42. The first-order chi connectivity index (χ1) is 11.1.